The highest BCUT2D eigenvalue weighted by Crippen LogP contribution is 2.23. The van der Waals surface area contributed by atoms with Crippen molar-refractivity contribution in [3.05, 3.63) is 53.2 Å². The van der Waals surface area contributed by atoms with Crippen LogP contribution in [0.5, 0.6) is 0 Å². The van der Waals surface area contributed by atoms with Crippen LogP contribution < -0.4 is 5.32 Å². The zero-order chi connectivity index (χ0) is 15.4. The van der Waals surface area contributed by atoms with Crippen molar-refractivity contribution in [2.24, 2.45) is 0 Å². The van der Waals surface area contributed by atoms with Crippen LogP contribution in [0.15, 0.2) is 34.9 Å². The molecule has 0 aliphatic carbocycles. The van der Waals surface area contributed by atoms with Gasteiger partial charge in [0.15, 0.2) is 5.76 Å². The Hall–Kier alpha value is -1.76. The summed E-state index contributed by atoms with van der Waals surface area (Å²) in [5.41, 5.74) is 1.27. The summed E-state index contributed by atoms with van der Waals surface area (Å²) < 4.78 is 29.2. The second-order valence-electron chi connectivity index (χ2n) is 5.61. The highest BCUT2D eigenvalue weighted by molar-refractivity contribution is 5.18. The first kappa shape index (κ1) is 15.1. The van der Waals surface area contributed by atoms with E-state index >= 15 is 0 Å². The number of rotatable bonds is 7. The third-order valence-electron chi connectivity index (χ3n) is 3.78. The van der Waals surface area contributed by atoms with Crippen molar-refractivity contribution < 1.29 is 18.4 Å². The van der Waals surface area contributed by atoms with Crippen molar-refractivity contribution >= 4 is 0 Å². The molecule has 1 N–H and O–H groups in total. The van der Waals surface area contributed by atoms with E-state index in [2.05, 4.69) is 10.5 Å². The summed E-state index contributed by atoms with van der Waals surface area (Å²) in [6.45, 7) is 2.01. The van der Waals surface area contributed by atoms with E-state index in [1.807, 2.05) is 12.1 Å². The van der Waals surface area contributed by atoms with Crippen molar-refractivity contribution in [2.75, 3.05) is 20.3 Å². The predicted molar refractivity (Wildman–Crippen MR) is 77.7 cm³/mol. The molecule has 22 heavy (non-hydrogen) atoms. The number of ether oxygens (including phenoxy) is 2. The van der Waals surface area contributed by atoms with Gasteiger partial charge in [-0.1, -0.05) is 23.4 Å². The first-order valence-corrected chi connectivity index (χ1v) is 7.20. The normalized spacial score (nSPS) is 16.5. The molecule has 5 nitrogen and oxygen atoms in total. The van der Waals surface area contributed by atoms with Gasteiger partial charge in [-0.05, 0) is 6.07 Å². The Morgan fingerprint density at radius 3 is 2.86 bits per heavy atom. The number of hydrogen-bond acceptors (Lipinski definition) is 5. The van der Waals surface area contributed by atoms with E-state index in [9.17, 15) is 4.39 Å². The Labute approximate surface area is 128 Å². The maximum atomic E-state index is 13.7. The molecule has 1 saturated heterocycles. The maximum Gasteiger partial charge on any atom is 0.162 e. The first-order chi connectivity index (χ1) is 10.7. The van der Waals surface area contributed by atoms with E-state index in [-0.39, 0.29) is 11.4 Å². The highest BCUT2D eigenvalue weighted by Gasteiger charge is 2.39. The van der Waals surface area contributed by atoms with E-state index in [1.54, 1.807) is 19.2 Å². The first-order valence-electron chi connectivity index (χ1n) is 7.20. The lowest BCUT2D eigenvalue weighted by Gasteiger charge is -2.42. The van der Waals surface area contributed by atoms with E-state index in [4.69, 9.17) is 14.0 Å². The van der Waals surface area contributed by atoms with Gasteiger partial charge in [0.1, 0.15) is 12.4 Å². The van der Waals surface area contributed by atoms with Gasteiger partial charge in [0.2, 0.25) is 0 Å². The lowest BCUT2D eigenvalue weighted by molar-refractivity contribution is -0.0756. The van der Waals surface area contributed by atoms with Crippen LogP contribution in [0.2, 0.25) is 0 Å². The predicted octanol–water partition coefficient (Wildman–Crippen LogP) is 2.06. The molecule has 1 aromatic heterocycles. The van der Waals surface area contributed by atoms with Crippen LogP contribution in [0, 0.1) is 5.82 Å². The molecule has 0 saturated carbocycles. The number of halogens is 1. The average Bonchev–Trinajstić information content (AvgIpc) is 2.91. The molecular formula is C16H19FN2O3. The van der Waals surface area contributed by atoms with Gasteiger partial charge in [-0.25, -0.2) is 4.39 Å². The molecule has 0 bridgehead atoms. The largest absolute Gasteiger partial charge is 0.377 e. The third kappa shape index (κ3) is 3.35. The fraction of sp³-hybridized carbons (Fsp3) is 0.438. The maximum absolute atomic E-state index is 13.7. The standard InChI is InChI=1S/C16H19FN2O3/c1-20-9-14-6-13(19-22-14)7-16(10-21-11-16)18-8-12-4-2-3-5-15(12)17/h2-6,18H,7-11H2,1H3. The monoisotopic (exact) mass is 306 g/mol. The molecule has 1 aromatic carbocycles. The molecule has 6 heteroatoms. The lowest BCUT2D eigenvalue weighted by atomic mass is 9.91. The summed E-state index contributed by atoms with van der Waals surface area (Å²) in [6, 6.07) is 8.65. The van der Waals surface area contributed by atoms with E-state index < -0.39 is 0 Å². The average molecular weight is 306 g/mol. The Bertz CT molecular complexity index is 625. The summed E-state index contributed by atoms with van der Waals surface area (Å²) >= 11 is 0. The van der Waals surface area contributed by atoms with Gasteiger partial charge in [-0.3, -0.25) is 0 Å². The molecule has 0 atom stereocenters. The molecule has 2 heterocycles. The van der Waals surface area contributed by atoms with E-state index in [0.29, 0.717) is 44.1 Å². The van der Waals surface area contributed by atoms with Crippen LogP contribution in [-0.4, -0.2) is 31.0 Å². The van der Waals surface area contributed by atoms with Gasteiger partial charge in [-0.2, -0.15) is 0 Å². The minimum atomic E-state index is -0.219. The van der Waals surface area contributed by atoms with Crippen LogP contribution in [0.4, 0.5) is 4.39 Å². The molecule has 3 rings (SSSR count). The zero-order valence-corrected chi connectivity index (χ0v) is 12.5. The van der Waals surface area contributed by atoms with Crippen LogP contribution in [0.25, 0.3) is 0 Å². The zero-order valence-electron chi connectivity index (χ0n) is 12.5. The van der Waals surface area contributed by atoms with Gasteiger partial charge in [0.25, 0.3) is 0 Å². The van der Waals surface area contributed by atoms with Crippen LogP contribution in [0.3, 0.4) is 0 Å². The fourth-order valence-electron chi connectivity index (χ4n) is 2.54. The number of nitrogens with one attached hydrogen (secondary N) is 1. The summed E-state index contributed by atoms with van der Waals surface area (Å²) in [4.78, 5) is 0. The van der Waals surface area contributed by atoms with Crippen molar-refractivity contribution in [3.8, 4) is 0 Å². The van der Waals surface area contributed by atoms with E-state index in [0.717, 1.165) is 5.69 Å². The quantitative estimate of drug-likeness (QED) is 0.848. The molecular weight excluding hydrogens is 287 g/mol. The summed E-state index contributed by atoms with van der Waals surface area (Å²) in [5.74, 6) is 0.496. The Kier molecular flexibility index (Phi) is 4.52. The molecule has 118 valence electrons. The summed E-state index contributed by atoms with van der Waals surface area (Å²) in [5, 5.41) is 7.45. The summed E-state index contributed by atoms with van der Waals surface area (Å²) in [6.07, 6.45) is 0.675. The molecule has 0 amide bonds. The second kappa shape index (κ2) is 6.56. The smallest absolute Gasteiger partial charge is 0.162 e. The van der Waals surface area contributed by atoms with Gasteiger partial charge in [0.05, 0.1) is 24.4 Å². The SMILES string of the molecule is COCc1cc(CC2(NCc3ccccc3F)COC2)no1. The number of aromatic nitrogens is 1. The minimum Gasteiger partial charge on any atom is -0.377 e. The Morgan fingerprint density at radius 1 is 1.36 bits per heavy atom. The molecule has 0 unspecified atom stereocenters. The number of nitrogens with zero attached hydrogens (tertiary/aromatic N) is 1. The minimum absolute atomic E-state index is 0.200. The molecule has 0 spiro atoms. The molecule has 2 aromatic rings. The van der Waals surface area contributed by atoms with Crippen molar-refractivity contribution in [2.45, 2.75) is 25.1 Å². The fourth-order valence-corrected chi connectivity index (χ4v) is 2.54. The molecule has 0 radical (unpaired) electrons. The van der Waals surface area contributed by atoms with E-state index in [1.165, 1.54) is 6.07 Å². The Morgan fingerprint density at radius 2 is 2.18 bits per heavy atom. The van der Waals surface area contributed by atoms with Crippen LogP contribution in [-0.2, 0) is 29.0 Å². The molecule has 1 aliphatic heterocycles. The lowest BCUT2D eigenvalue weighted by Crippen LogP contribution is -2.61. The van der Waals surface area contributed by atoms with Crippen LogP contribution in [0.1, 0.15) is 17.0 Å². The molecule has 1 fully saturated rings. The number of hydrogen-bond donors (Lipinski definition) is 1. The number of benzene rings is 1. The second-order valence-corrected chi connectivity index (χ2v) is 5.61. The van der Waals surface area contributed by atoms with Crippen molar-refractivity contribution in [1.82, 2.24) is 10.5 Å². The summed E-state index contributed by atoms with van der Waals surface area (Å²) in [7, 11) is 1.61. The Balaban J connectivity index is 1.63. The highest BCUT2D eigenvalue weighted by atomic mass is 19.1. The van der Waals surface area contributed by atoms with Gasteiger partial charge in [-0.15, -0.1) is 0 Å². The number of methoxy groups -OCH3 is 1. The van der Waals surface area contributed by atoms with Gasteiger partial charge >= 0.3 is 0 Å². The third-order valence-corrected chi connectivity index (χ3v) is 3.78. The van der Waals surface area contributed by atoms with Crippen LogP contribution >= 0.6 is 0 Å². The molecule has 1 aliphatic rings. The van der Waals surface area contributed by atoms with Gasteiger partial charge in [0, 0.05) is 31.7 Å². The van der Waals surface area contributed by atoms with Crippen molar-refractivity contribution in [1.29, 1.82) is 0 Å². The van der Waals surface area contributed by atoms with Crippen molar-refractivity contribution in [3.63, 3.8) is 0 Å². The topological polar surface area (TPSA) is 56.5 Å². The van der Waals surface area contributed by atoms with Gasteiger partial charge < -0.3 is 19.3 Å².